The second-order valence-corrected chi connectivity index (χ2v) is 3.93. The maximum absolute atomic E-state index is 10.8. The summed E-state index contributed by atoms with van der Waals surface area (Å²) < 4.78 is 5.59. The highest BCUT2D eigenvalue weighted by Crippen LogP contribution is 2.30. The number of nitrogens with two attached hydrogens (primary N) is 1. The van der Waals surface area contributed by atoms with E-state index in [1.165, 1.54) is 18.2 Å². The lowest BCUT2D eigenvalue weighted by Gasteiger charge is -2.11. The number of para-hydroxylation sites is 1. The molecule has 0 unspecified atom stereocenters. The fourth-order valence-corrected chi connectivity index (χ4v) is 1.63. The number of hydrogen-bond donors (Lipinski definition) is 3. The molecule has 0 spiro atoms. The molecule has 0 aliphatic heterocycles. The van der Waals surface area contributed by atoms with Crippen LogP contribution in [0.5, 0.6) is 11.5 Å². The number of carboxylic acid groups (broad SMARTS) is 1. The van der Waals surface area contributed by atoms with Crippen molar-refractivity contribution in [3.8, 4) is 11.5 Å². The van der Waals surface area contributed by atoms with Crippen molar-refractivity contribution in [2.45, 2.75) is 6.61 Å². The zero-order valence-electron chi connectivity index (χ0n) is 10.0. The normalized spacial score (nSPS) is 10.2. The Balaban J connectivity index is 2.31. The number of carboxylic acids is 1. The van der Waals surface area contributed by atoms with Gasteiger partial charge in [-0.1, -0.05) is 18.2 Å². The van der Waals surface area contributed by atoms with Gasteiger partial charge >= 0.3 is 5.97 Å². The topological polar surface area (TPSA) is 92.8 Å². The molecule has 2 aromatic rings. The number of nitrogen functional groups attached to an aromatic ring is 1. The highest BCUT2D eigenvalue weighted by atomic mass is 16.5. The van der Waals surface area contributed by atoms with Crippen molar-refractivity contribution in [1.29, 1.82) is 0 Å². The Morgan fingerprint density at radius 2 is 1.89 bits per heavy atom. The monoisotopic (exact) mass is 259 g/mol. The van der Waals surface area contributed by atoms with E-state index in [1.54, 1.807) is 24.3 Å². The quantitative estimate of drug-likeness (QED) is 0.732. The molecule has 0 atom stereocenters. The number of aliphatic hydroxyl groups excluding tert-OH is 1. The molecular formula is C14H13NO4. The van der Waals surface area contributed by atoms with E-state index in [0.717, 1.165) is 0 Å². The predicted molar refractivity (Wildman–Crippen MR) is 70.3 cm³/mol. The first-order valence-electron chi connectivity index (χ1n) is 5.61. The molecule has 19 heavy (non-hydrogen) atoms. The molecule has 2 aromatic carbocycles. The third kappa shape index (κ3) is 2.83. The second-order valence-electron chi connectivity index (χ2n) is 3.93. The van der Waals surface area contributed by atoms with E-state index >= 15 is 0 Å². The molecule has 0 saturated carbocycles. The molecule has 0 aliphatic carbocycles. The molecule has 0 bridgehead atoms. The maximum Gasteiger partial charge on any atom is 0.335 e. The number of hydrogen-bond acceptors (Lipinski definition) is 4. The Bertz CT molecular complexity index is 610. The molecule has 4 N–H and O–H groups in total. The van der Waals surface area contributed by atoms with Crippen molar-refractivity contribution in [3.05, 3.63) is 53.6 Å². The molecule has 0 aromatic heterocycles. The van der Waals surface area contributed by atoms with Crippen LogP contribution < -0.4 is 10.5 Å². The van der Waals surface area contributed by atoms with E-state index in [-0.39, 0.29) is 17.9 Å². The number of ether oxygens (including phenoxy) is 1. The van der Waals surface area contributed by atoms with Gasteiger partial charge in [0.05, 0.1) is 17.9 Å². The van der Waals surface area contributed by atoms with Crippen molar-refractivity contribution >= 4 is 11.7 Å². The van der Waals surface area contributed by atoms with Crippen LogP contribution >= 0.6 is 0 Å². The van der Waals surface area contributed by atoms with Gasteiger partial charge in [0, 0.05) is 5.56 Å². The Hall–Kier alpha value is -2.53. The molecule has 5 heteroatoms. The van der Waals surface area contributed by atoms with Crippen LogP contribution in [0, 0.1) is 0 Å². The first-order valence-corrected chi connectivity index (χ1v) is 5.61. The van der Waals surface area contributed by atoms with Crippen molar-refractivity contribution < 1.29 is 19.7 Å². The van der Waals surface area contributed by atoms with Crippen LogP contribution in [0.4, 0.5) is 5.69 Å². The van der Waals surface area contributed by atoms with Crippen LogP contribution in [0.1, 0.15) is 15.9 Å². The average molecular weight is 259 g/mol. The second kappa shape index (κ2) is 5.41. The summed E-state index contributed by atoms with van der Waals surface area (Å²) in [6, 6.07) is 11.2. The number of benzene rings is 2. The smallest absolute Gasteiger partial charge is 0.335 e. The summed E-state index contributed by atoms with van der Waals surface area (Å²) in [5.41, 5.74) is 6.70. The maximum atomic E-state index is 10.8. The summed E-state index contributed by atoms with van der Waals surface area (Å²) in [4.78, 5) is 10.8. The minimum Gasteiger partial charge on any atom is -0.478 e. The fraction of sp³-hybridized carbons (Fsp3) is 0.0714. The van der Waals surface area contributed by atoms with Crippen LogP contribution in [0.25, 0.3) is 0 Å². The largest absolute Gasteiger partial charge is 0.478 e. The molecule has 2 rings (SSSR count). The van der Waals surface area contributed by atoms with E-state index in [4.69, 9.17) is 15.6 Å². The highest BCUT2D eigenvalue weighted by molar-refractivity contribution is 5.89. The van der Waals surface area contributed by atoms with Crippen LogP contribution in [-0.2, 0) is 6.61 Å². The Kier molecular flexibility index (Phi) is 3.68. The molecule has 98 valence electrons. The zero-order chi connectivity index (χ0) is 13.8. The molecular weight excluding hydrogens is 246 g/mol. The first-order chi connectivity index (χ1) is 9.11. The van der Waals surface area contributed by atoms with Crippen LogP contribution in [0.15, 0.2) is 42.5 Å². The summed E-state index contributed by atoms with van der Waals surface area (Å²) in [6.45, 7) is -0.150. The van der Waals surface area contributed by atoms with Crippen molar-refractivity contribution in [3.63, 3.8) is 0 Å². The average Bonchev–Trinajstić information content (AvgIpc) is 2.41. The summed E-state index contributed by atoms with van der Waals surface area (Å²) in [6.07, 6.45) is 0. The number of anilines is 1. The molecule has 0 fully saturated rings. The zero-order valence-corrected chi connectivity index (χ0v) is 10.0. The van der Waals surface area contributed by atoms with Gasteiger partial charge in [-0.05, 0) is 24.3 Å². The minimum atomic E-state index is -1.05. The summed E-state index contributed by atoms with van der Waals surface area (Å²) >= 11 is 0. The lowest BCUT2D eigenvalue weighted by Crippen LogP contribution is -2.00. The van der Waals surface area contributed by atoms with Gasteiger partial charge in [-0.25, -0.2) is 4.79 Å². The number of aliphatic hydroxyl groups is 1. The van der Waals surface area contributed by atoms with Gasteiger partial charge in [-0.3, -0.25) is 0 Å². The van der Waals surface area contributed by atoms with Crippen LogP contribution in [0.2, 0.25) is 0 Å². The lowest BCUT2D eigenvalue weighted by molar-refractivity contribution is 0.0697. The Morgan fingerprint density at radius 1 is 1.16 bits per heavy atom. The van der Waals surface area contributed by atoms with Crippen molar-refractivity contribution in [1.82, 2.24) is 0 Å². The standard InChI is InChI=1S/C14H13NO4/c15-11-7-9(14(17)18)5-6-13(11)19-12-4-2-1-3-10(12)8-16/h1-7,16H,8,15H2,(H,17,18). The Morgan fingerprint density at radius 3 is 2.53 bits per heavy atom. The SMILES string of the molecule is Nc1cc(C(=O)O)ccc1Oc1ccccc1CO. The van der Waals surface area contributed by atoms with E-state index in [2.05, 4.69) is 0 Å². The number of carbonyl (C=O) groups is 1. The minimum absolute atomic E-state index is 0.0975. The summed E-state index contributed by atoms with van der Waals surface area (Å²) in [5.74, 6) is -0.209. The van der Waals surface area contributed by atoms with E-state index in [9.17, 15) is 9.90 Å². The van der Waals surface area contributed by atoms with E-state index in [1.807, 2.05) is 0 Å². The third-order valence-electron chi connectivity index (χ3n) is 2.62. The molecule has 0 aliphatic rings. The van der Waals surface area contributed by atoms with Gasteiger partial charge < -0.3 is 20.7 Å². The summed E-state index contributed by atoms with van der Waals surface area (Å²) in [5, 5.41) is 18.0. The molecule has 0 saturated heterocycles. The van der Waals surface area contributed by atoms with E-state index in [0.29, 0.717) is 17.1 Å². The molecule has 0 heterocycles. The predicted octanol–water partition coefficient (Wildman–Crippen LogP) is 2.25. The van der Waals surface area contributed by atoms with Crippen molar-refractivity contribution in [2.75, 3.05) is 5.73 Å². The third-order valence-corrected chi connectivity index (χ3v) is 2.62. The van der Waals surface area contributed by atoms with E-state index < -0.39 is 5.97 Å². The van der Waals surface area contributed by atoms with Gasteiger partial charge in [0.15, 0.2) is 0 Å². The number of rotatable bonds is 4. The van der Waals surface area contributed by atoms with Gasteiger partial charge in [-0.2, -0.15) is 0 Å². The van der Waals surface area contributed by atoms with Gasteiger partial charge in [0.25, 0.3) is 0 Å². The molecule has 5 nitrogen and oxygen atoms in total. The summed E-state index contributed by atoms with van der Waals surface area (Å²) in [7, 11) is 0. The molecule has 0 radical (unpaired) electrons. The lowest BCUT2D eigenvalue weighted by atomic mass is 10.2. The first kappa shape index (κ1) is 12.9. The van der Waals surface area contributed by atoms with Crippen LogP contribution in [0.3, 0.4) is 0 Å². The fourth-order valence-electron chi connectivity index (χ4n) is 1.63. The number of aromatic carboxylic acids is 1. The van der Waals surface area contributed by atoms with Gasteiger partial charge in [0.1, 0.15) is 11.5 Å². The highest BCUT2D eigenvalue weighted by Gasteiger charge is 2.09. The molecule has 0 amide bonds. The van der Waals surface area contributed by atoms with Crippen LogP contribution in [-0.4, -0.2) is 16.2 Å². The van der Waals surface area contributed by atoms with Gasteiger partial charge in [-0.15, -0.1) is 0 Å². The Labute approximate surface area is 109 Å². The van der Waals surface area contributed by atoms with Gasteiger partial charge in [0.2, 0.25) is 0 Å². The van der Waals surface area contributed by atoms with Crippen molar-refractivity contribution in [2.24, 2.45) is 0 Å².